The molecule has 8 nitrogen and oxygen atoms in total. The Balaban J connectivity index is 0.000000127. The lowest BCUT2D eigenvalue weighted by Gasteiger charge is -2.53. The summed E-state index contributed by atoms with van der Waals surface area (Å²) in [6.07, 6.45) is 6.10. The smallest absolute Gasteiger partial charge is 0.0759 e. The summed E-state index contributed by atoms with van der Waals surface area (Å²) in [5, 5.41) is 2.92. The zero-order valence-electron chi connectivity index (χ0n) is 28.4. The molecule has 0 aliphatic carbocycles. The number of fused-ring (bicyclic) bond motifs is 14. The topological polar surface area (TPSA) is 51.0 Å². The molecule has 10 rings (SSSR count). The summed E-state index contributed by atoms with van der Waals surface area (Å²) in [6, 6.07) is 14.9. The van der Waals surface area contributed by atoms with E-state index in [0.29, 0.717) is 24.4 Å². The van der Waals surface area contributed by atoms with Gasteiger partial charge in [0.15, 0.2) is 0 Å². The monoisotopic (exact) mass is 620 g/mol. The molecule has 4 atom stereocenters. The molecule has 0 amide bonds. The van der Waals surface area contributed by atoms with E-state index in [2.05, 4.69) is 104 Å². The summed E-state index contributed by atoms with van der Waals surface area (Å²) in [5.41, 5.74) is 11.6. The van der Waals surface area contributed by atoms with Gasteiger partial charge >= 0.3 is 0 Å². The first-order valence-corrected chi connectivity index (χ1v) is 18.0. The quantitative estimate of drug-likeness (QED) is 0.297. The Morgan fingerprint density at radius 3 is 1.48 bits per heavy atom. The van der Waals surface area contributed by atoms with E-state index in [1.54, 1.807) is 11.1 Å². The highest BCUT2D eigenvalue weighted by Gasteiger charge is 2.43. The predicted molar refractivity (Wildman–Crippen MR) is 187 cm³/mol. The number of H-pyrrole nitrogens is 2. The molecule has 244 valence electrons. The summed E-state index contributed by atoms with van der Waals surface area (Å²) >= 11 is 0. The molecule has 2 aromatic carbocycles. The fourth-order valence-electron chi connectivity index (χ4n) is 9.93. The molecule has 0 saturated carbocycles. The molecule has 8 heteroatoms. The van der Waals surface area contributed by atoms with Crippen molar-refractivity contribution in [3.63, 3.8) is 0 Å². The van der Waals surface area contributed by atoms with Gasteiger partial charge in [-0.3, -0.25) is 19.6 Å². The molecule has 6 aliphatic heterocycles. The number of nitrogens with one attached hydrogen (secondary N) is 2. The molecule has 4 fully saturated rings. The molecule has 4 aromatic rings. The van der Waals surface area contributed by atoms with Gasteiger partial charge in [-0.1, -0.05) is 23.3 Å². The number of aromatic nitrogens is 2. The van der Waals surface area contributed by atoms with E-state index >= 15 is 0 Å². The van der Waals surface area contributed by atoms with Crippen molar-refractivity contribution in [1.82, 2.24) is 39.4 Å². The van der Waals surface area contributed by atoms with Gasteiger partial charge in [0.1, 0.15) is 0 Å². The van der Waals surface area contributed by atoms with Gasteiger partial charge in [0.2, 0.25) is 0 Å². The third kappa shape index (κ3) is 4.87. The van der Waals surface area contributed by atoms with Crippen molar-refractivity contribution >= 4 is 21.8 Å². The fourth-order valence-corrected chi connectivity index (χ4v) is 9.93. The third-order valence-electron chi connectivity index (χ3n) is 12.4. The first-order chi connectivity index (χ1) is 22.4. The van der Waals surface area contributed by atoms with Crippen LogP contribution in [0.2, 0.25) is 0 Å². The summed E-state index contributed by atoms with van der Waals surface area (Å²) in [7, 11) is 4.53. The van der Waals surface area contributed by atoms with Crippen LogP contribution in [0.25, 0.3) is 21.8 Å². The first kappa shape index (κ1) is 29.4. The molecule has 0 spiro atoms. The zero-order valence-corrected chi connectivity index (χ0v) is 28.4. The molecular weight excluding hydrogens is 568 g/mol. The van der Waals surface area contributed by atoms with Gasteiger partial charge in [0, 0.05) is 98.6 Å². The van der Waals surface area contributed by atoms with Gasteiger partial charge in [-0.2, -0.15) is 0 Å². The number of rotatable bonds is 0. The van der Waals surface area contributed by atoms with Crippen LogP contribution in [0.5, 0.6) is 0 Å². The van der Waals surface area contributed by atoms with Crippen molar-refractivity contribution in [2.45, 2.75) is 63.9 Å². The van der Waals surface area contributed by atoms with E-state index in [9.17, 15) is 0 Å². The van der Waals surface area contributed by atoms with Crippen LogP contribution in [0.3, 0.4) is 0 Å². The van der Waals surface area contributed by atoms with Gasteiger partial charge in [0.05, 0.1) is 24.4 Å². The van der Waals surface area contributed by atoms with Crippen molar-refractivity contribution in [2.24, 2.45) is 0 Å². The number of piperazine rings is 2. The maximum absolute atomic E-state index is 3.78. The van der Waals surface area contributed by atoms with Crippen molar-refractivity contribution in [2.75, 3.05) is 79.5 Å². The predicted octanol–water partition coefficient (Wildman–Crippen LogP) is 4.71. The van der Waals surface area contributed by atoms with Gasteiger partial charge in [0.25, 0.3) is 0 Å². The summed E-state index contributed by atoms with van der Waals surface area (Å²) < 4.78 is 0. The Morgan fingerprint density at radius 1 is 0.565 bits per heavy atom. The van der Waals surface area contributed by atoms with E-state index in [1.165, 1.54) is 135 Å². The van der Waals surface area contributed by atoms with Gasteiger partial charge in [-0.05, 0) is 89.0 Å². The highest BCUT2D eigenvalue weighted by Crippen LogP contribution is 2.42. The summed E-state index contributed by atoms with van der Waals surface area (Å²) in [4.78, 5) is 23.5. The average Bonchev–Trinajstić information content (AvgIpc) is 3.62. The average molecular weight is 621 g/mol. The maximum Gasteiger partial charge on any atom is 0.0759 e. The number of hydrogen-bond donors (Lipinski definition) is 2. The van der Waals surface area contributed by atoms with Crippen LogP contribution < -0.4 is 0 Å². The van der Waals surface area contributed by atoms with Crippen LogP contribution in [0.15, 0.2) is 36.4 Å². The zero-order chi connectivity index (χ0) is 31.1. The third-order valence-corrected chi connectivity index (χ3v) is 12.4. The van der Waals surface area contributed by atoms with Gasteiger partial charge in [-0.15, -0.1) is 0 Å². The molecule has 8 heterocycles. The Bertz CT molecular complexity index is 1630. The molecule has 2 N–H and O–H groups in total. The van der Waals surface area contributed by atoms with Crippen LogP contribution in [0.4, 0.5) is 0 Å². The maximum atomic E-state index is 3.78. The highest BCUT2D eigenvalue weighted by atomic mass is 15.5. The van der Waals surface area contributed by atoms with E-state index in [0.717, 1.165) is 0 Å². The molecule has 46 heavy (non-hydrogen) atoms. The van der Waals surface area contributed by atoms with Crippen molar-refractivity contribution < 1.29 is 0 Å². The summed E-state index contributed by atoms with van der Waals surface area (Å²) in [5.74, 6) is 0. The van der Waals surface area contributed by atoms with Crippen molar-refractivity contribution in [3.05, 3.63) is 70.0 Å². The molecule has 0 radical (unpaired) electrons. The van der Waals surface area contributed by atoms with Crippen LogP contribution in [0, 0.1) is 13.8 Å². The van der Waals surface area contributed by atoms with E-state index < -0.39 is 0 Å². The Kier molecular flexibility index (Phi) is 7.33. The second-order valence-electron chi connectivity index (χ2n) is 15.3. The number of hydrogen-bond acceptors (Lipinski definition) is 6. The molecule has 4 saturated heterocycles. The molecule has 2 aromatic heterocycles. The summed E-state index contributed by atoms with van der Waals surface area (Å²) in [6.45, 7) is 16.5. The highest BCUT2D eigenvalue weighted by molar-refractivity contribution is 5.86. The number of likely N-dealkylation sites (N-methyl/N-ethyl adjacent to an activating group) is 2. The number of aromatic amines is 2. The lowest BCUT2D eigenvalue weighted by molar-refractivity contribution is -0.0772. The van der Waals surface area contributed by atoms with E-state index in [1.807, 2.05) is 0 Å². The Labute approximate surface area is 274 Å². The minimum absolute atomic E-state index is 0.583. The standard InChI is InChI=1S/2C19H26N4/c2*1-13-3-4-16-15(11-13)14-5-8-23-17(19(14)20-16)6-7-22-10-9-21(2)12-18(22)23/h2*3-4,11,17-18,20H,5-10,12H2,1-2H3/t2*17-,18-/m10/s1. The van der Waals surface area contributed by atoms with Crippen LogP contribution >= 0.6 is 0 Å². The van der Waals surface area contributed by atoms with Crippen LogP contribution in [-0.4, -0.2) is 131 Å². The normalized spacial score (nSPS) is 29.3. The SMILES string of the molecule is Cc1ccc2[nH]c3c(c2c1)CCN1[C@@H]3CCN2CCN(C)C[C@H]21.Cc1ccc2[nH]c3c(c2c1)CCN1[C@H]3CCN2CCN(C)C[C@@H]21. The van der Waals surface area contributed by atoms with E-state index in [-0.39, 0.29) is 0 Å². The van der Waals surface area contributed by atoms with Gasteiger partial charge < -0.3 is 19.8 Å². The minimum atomic E-state index is 0.583. The number of aryl methyl sites for hydroxylation is 2. The van der Waals surface area contributed by atoms with Gasteiger partial charge in [-0.25, -0.2) is 0 Å². The lowest BCUT2D eigenvalue weighted by Crippen LogP contribution is -2.64. The molecular formula is C38H52N8. The van der Waals surface area contributed by atoms with E-state index in [4.69, 9.17) is 0 Å². The largest absolute Gasteiger partial charge is 0.357 e. The van der Waals surface area contributed by atoms with Crippen molar-refractivity contribution in [3.8, 4) is 0 Å². The van der Waals surface area contributed by atoms with Crippen LogP contribution in [0.1, 0.15) is 58.6 Å². The lowest BCUT2D eigenvalue weighted by atomic mass is 9.91. The Hall–Kier alpha value is -2.72. The second kappa shape index (κ2) is 11.5. The minimum Gasteiger partial charge on any atom is -0.357 e. The number of nitrogens with zero attached hydrogens (tertiary/aromatic N) is 6. The first-order valence-electron chi connectivity index (χ1n) is 18.0. The fraction of sp³-hybridized carbons (Fsp3) is 0.579. The Morgan fingerprint density at radius 2 is 1.02 bits per heavy atom. The van der Waals surface area contributed by atoms with Crippen molar-refractivity contribution in [1.29, 1.82) is 0 Å². The molecule has 0 unspecified atom stereocenters. The number of benzene rings is 2. The molecule has 6 aliphatic rings. The van der Waals surface area contributed by atoms with Crippen LogP contribution in [-0.2, 0) is 12.8 Å². The second-order valence-corrected chi connectivity index (χ2v) is 15.3. The molecule has 0 bridgehead atoms.